The van der Waals surface area contributed by atoms with Crippen LogP contribution >= 0.6 is 11.6 Å². The maximum absolute atomic E-state index is 6.29. The number of halogens is 1. The van der Waals surface area contributed by atoms with Crippen LogP contribution in [0.15, 0.2) is 18.2 Å². The molecule has 0 spiro atoms. The minimum absolute atomic E-state index is 0.141. The van der Waals surface area contributed by atoms with E-state index in [9.17, 15) is 0 Å². The Hall–Kier alpha value is -0.890. The van der Waals surface area contributed by atoms with Gasteiger partial charge in [0.25, 0.3) is 0 Å². The minimum Gasteiger partial charge on any atom is -0.489 e. The third-order valence-electron chi connectivity index (χ3n) is 3.98. The van der Waals surface area contributed by atoms with Crippen LogP contribution in [0, 0.1) is 11.3 Å². The summed E-state index contributed by atoms with van der Waals surface area (Å²) in [5.74, 6) is 1.45. The molecule has 2 rings (SSSR count). The maximum atomic E-state index is 6.29. The third-order valence-corrected chi connectivity index (χ3v) is 4.28. The molecule has 2 unspecified atom stereocenters. The van der Waals surface area contributed by atoms with Gasteiger partial charge in [-0.1, -0.05) is 32.4 Å². The molecule has 20 heavy (non-hydrogen) atoms. The molecule has 1 fully saturated rings. The number of anilines is 1. The van der Waals surface area contributed by atoms with Crippen LogP contribution in [0.5, 0.6) is 5.75 Å². The number of nitrogens with one attached hydrogen (secondary N) is 1. The van der Waals surface area contributed by atoms with Gasteiger partial charge in [-0.05, 0) is 56.2 Å². The standard InChI is InChI=1S/C17H26ClNO/c1-11(2)20-16-7-6-13(8-14(16)18)19-15-10-17(4,5)9-12(15)3/h6-8,11-12,15,19H,9-10H2,1-5H3. The normalized spacial score (nSPS) is 24.9. The summed E-state index contributed by atoms with van der Waals surface area (Å²) in [6.07, 6.45) is 2.62. The molecule has 0 amide bonds. The highest BCUT2D eigenvalue weighted by Gasteiger charge is 2.36. The molecule has 0 radical (unpaired) electrons. The Morgan fingerprint density at radius 2 is 2.00 bits per heavy atom. The summed E-state index contributed by atoms with van der Waals surface area (Å²) >= 11 is 6.29. The van der Waals surface area contributed by atoms with Crippen molar-refractivity contribution in [2.24, 2.45) is 11.3 Å². The highest BCUT2D eigenvalue weighted by atomic mass is 35.5. The third kappa shape index (κ3) is 3.82. The molecule has 1 N–H and O–H groups in total. The van der Waals surface area contributed by atoms with E-state index in [1.54, 1.807) is 0 Å². The molecule has 0 aromatic heterocycles. The summed E-state index contributed by atoms with van der Waals surface area (Å²) in [5, 5.41) is 4.30. The lowest BCUT2D eigenvalue weighted by Crippen LogP contribution is -2.22. The van der Waals surface area contributed by atoms with Crippen LogP contribution in [0.1, 0.15) is 47.5 Å². The number of hydrogen-bond donors (Lipinski definition) is 1. The largest absolute Gasteiger partial charge is 0.489 e. The van der Waals surface area contributed by atoms with E-state index in [1.807, 2.05) is 26.0 Å². The highest BCUT2D eigenvalue weighted by molar-refractivity contribution is 6.32. The first-order valence-electron chi connectivity index (χ1n) is 7.49. The van der Waals surface area contributed by atoms with E-state index < -0.39 is 0 Å². The first-order valence-corrected chi connectivity index (χ1v) is 7.87. The van der Waals surface area contributed by atoms with Gasteiger partial charge in [0.1, 0.15) is 5.75 Å². The fraction of sp³-hybridized carbons (Fsp3) is 0.647. The quantitative estimate of drug-likeness (QED) is 0.807. The number of rotatable bonds is 4. The van der Waals surface area contributed by atoms with Crippen molar-refractivity contribution in [1.82, 2.24) is 0 Å². The zero-order valence-electron chi connectivity index (χ0n) is 13.2. The van der Waals surface area contributed by atoms with Crippen molar-refractivity contribution >= 4 is 17.3 Å². The Kier molecular flexibility index (Phi) is 4.53. The molecule has 112 valence electrons. The molecule has 1 aliphatic carbocycles. The molecule has 1 aromatic carbocycles. The molecule has 2 atom stereocenters. The molecule has 0 bridgehead atoms. The molecule has 3 heteroatoms. The van der Waals surface area contributed by atoms with Crippen LogP contribution in [-0.2, 0) is 0 Å². The number of benzene rings is 1. The fourth-order valence-corrected chi connectivity index (χ4v) is 3.47. The Labute approximate surface area is 127 Å². The molecular weight excluding hydrogens is 270 g/mol. The number of hydrogen-bond acceptors (Lipinski definition) is 2. The van der Waals surface area contributed by atoms with Gasteiger partial charge in [0, 0.05) is 11.7 Å². The van der Waals surface area contributed by atoms with Crippen LogP contribution in [0.25, 0.3) is 0 Å². The summed E-state index contributed by atoms with van der Waals surface area (Å²) in [6.45, 7) is 11.0. The second kappa shape index (κ2) is 5.85. The van der Waals surface area contributed by atoms with Crippen molar-refractivity contribution < 1.29 is 4.74 Å². The molecule has 1 saturated carbocycles. The lowest BCUT2D eigenvalue weighted by molar-refractivity contribution is 0.242. The van der Waals surface area contributed by atoms with Crippen molar-refractivity contribution in [3.63, 3.8) is 0 Å². The van der Waals surface area contributed by atoms with Crippen LogP contribution in [-0.4, -0.2) is 12.1 Å². The monoisotopic (exact) mass is 295 g/mol. The predicted molar refractivity (Wildman–Crippen MR) is 86.8 cm³/mol. The van der Waals surface area contributed by atoms with Crippen LogP contribution in [0.2, 0.25) is 5.02 Å². The van der Waals surface area contributed by atoms with Gasteiger partial charge in [-0.2, -0.15) is 0 Å². The lowest BCUT2D eigenvalue weighted by Gasteiger charge is -2.20. The molecule has 0 saturated heterocycles. The van der Waals surface area contributed by atoms with Crippen molar-refractivity contribution in [2.45, 2.75) is 59.6 Å². The van der Waals surface area contributed by atoms with E-state index in [0.717, 1.165) is 11.4 Å². The Morgan fingerprint density at radius 1 is 1.30 bits per heavy atom. The zero-order chi connectivity index (χ0) is 14.9. The van der Waals surface area contributed by atoms with Gasteiger partial charge in [0.05, 0.1) is 11.1 Å². The second-order valence-electron chi connectivity index (χ2n) is 7.11. The van der Waals surface area contributed by atoms with E-state index >= 15 is 0 Å². The second-order valence-corrected chi connectivity index (χ2v) is 7.52. The fourth-order valence-electron chi connectivity index (χ4n) is 3.24. The van der Waals surface area contributed by atoms with E-state index in [-0.39, 0.29) is 6.10 Å². The van der Waals surface area contributed by atoms with Crippen molar-refractivity contribution in [1.29, 1.82) is 0 Å². The summed E-state index contributed by atoms with van der Waals surface area (Å²) < 4.78 is 5.66. The van der Waals surface area contributed by atoms with Gasteiger partial charge in [-0.15, -0.1) is 0 Å². The summed E-state index contributed by atoms with van der Waals surface area (Å²) in [7, 11) is 0. The summed E-state index contributed by atoms with van der Waals surface area (Å²) in [4.78, 5) is 0. The van der Waals surface area contributed by atoms with Gasteiger partial charge in [0.15, 0.2) is 0 Å². The van der Waals surface area contributed by atoms with Crippen molar-refractivity contribution in [2.75, 3.05) is 5.32 Å². The Morgan fingerprint density at radius 3 is 2.50 bits per heavy atom. The van der Waals surface area contributed by atoms with Crippen LogP contribution in [0.3, 0.4) is 0 Å². The van der Waals surface area contributed by atoms with Gasteiger partial charge in [0.2, 0.25) is 0 Å². The molecule has 1 aliphatic rings. The van der Waals surface area contributed by atoms with E-state index in [0.29, 0.717) is 22.4 Å². The Balaban J connectivity index is 2.06. The first kappa shape index (κ1) is 15.5. The van der Waals surface area contributed by atoms with Gasteiger partial charge in [-0.25, -0.2) is 0 Å². The van der Waals surface area contributed by atoms with Crippen LogP contribution in [0.4, 0.5) is 5.69 Å². The zero-order valence-corrected chi connectivity index (χ0v) is 13.9. The minimum atomic E-state index is 0.141. The van der Waals surface area contributed by atoms with Crippen molar-refractivity contribution in [3.05, 3.63) is 23.2 Å². The average molecular weight is 296 g/mol. The molecular formula is C17H26ClNO. The van der Waals surface area contributed by atoms with E-state index in [4.69, 9.17) is 16.3 Å². The SMILES string of the molecule is CC(C)Oc1ccc(NC2CC(C)(C)CC2C)cc1Cl. The smallest absolute Gasteiger partial charge is 0.138 e. The van der Waals surface area contributed by atoms with Crippen molar-refractivity contribution in [3.8, 4) is 5.75 Å². The molecule has 2 nitrogen and oxygen atoms in total. The maximum Gasteiger partial charge on any atom is 0.138 e. The predicted octanol–water partition coefficient (Wildman–Crippen LogP) is 5.36. The number of ether oxygens (including phenoxy) is 1. The highest BCUT2D eigenvalue weighted by Crippen LogP contribution is 2.42. The lowest BCUT2D eigenvalue weighted by atomic mass is 9.91. The molecule has 0 heterocycles. The average Bonchev–Trinajstić information content (AvgIpc) is 2.55. The van der Waals surface area contributed by atoms with Crippen LogP contribution < -0.4 is 10.1 Å². The molecule has 1 aromatic rings. The summed E-state index contributed by atoms with van der Waals surface area (Å²) in [6, 6.07) is 6.51. The van der Waals surface area contributed by atoms with Gasteiger partial charge in [-0.3, -0.25) is 0 Å². The van der Waals surface area contributed by atoms with Gasteiger partial charge < -0.3 is 10.1 Å². The first-order chi connectivity index (χ1) is 9.27. The van der Waals surface area contributed by atoms with Gasteiger partial charge >= 0.3 is 0 Å². The molecule has 0 aliphatic heterocycles. The topological polar surface area (TPSA) is 21.3 Å². The summed E-state index contributed by atoms with van der Waals surface area (Å²) in [5.41, 5.74) is 1.52. The van der Waals surface area contributed by atoms with E-state index in [2.05, 4.69) is 32.2 Å². The Bertz CT molecular complexity index is 470. The van der Waals surface area contributed by atoms with E-state index in [1.165, 1.54) is 12.8 Å².